The first-order valence-electron chi connectivity index (χ1n) is 5.71. The second-order valence-electron chi connectivity index (χ2n) is 4.64. The number of aryl methyl sites for hydroxylation is 2. The van der Waals surface area contributed by atoms with Crippen LogP contribution < -0.4 is 4.90 Å². The number of thiol groups is 1. The molecule has 1 atom stereocenters. The van der Waals surface area contributed by atoms with Crippen molar-refractivity contribution in [3.63, 3.8) is 0 Å². The number of carbonyl (C=O) groups is 1. The maximum atomic E-state index is 12.0. The normalized spacial score (nSPS) is 20.1. The fourth-order valence-electron chi connectivity index (χ4n) is 2.24. The molecular weight excluding hydrogens is 298 g/mol. The highest BCUT2D eigenvalue weighted by Crippen LogP contribution is 2.32. The molecule has 1 aliphatic rings. The van der Waals surface area contributed by atoms with Crippen molar-refractivity contribution >= 4 is 40.2 Å². The van der Waals surface area contributed by atoms with Crippen LogP contribution >= 0.6 is 28.6 Å². The van der Waals surface area contributed by atoms with Gasteiger partial charge in [0.05, 0.1) is 0 Å². The Labute approximate surface area is 116 Å². The fraction of sp³-hybridized carbons (Fsp3) is 0.462. The van der Waals surface area contributed by atoms with Crippen LogP contribution in [0.5, 0.6) is 0 Å². The lowest BCUT2D eigenvalue weighted by molar-refractivity contribution is -0.117. The Hall–Kier alpha value is -0.480. The van der Waals surface area contributed by atoms with E-state index >= 15 is 0 Å². The van der Waals surface area contributed by atoms with Crippen LogP contribution in [0, 0.1) is 19.8 Å². The number of amides is 1. The quantitative estimate of drug-likeness (QED) is 0.830. The molecule has 1 fully saturated rings. The summed E-state index contributed by atoms with van der Waals surface area (Å²) >= 11 is 7.81. The van der Waals surface area contributed by atoms with Crippen molar-refractivity contribution in [1.29, 1.82) is 0 Å². The highest BCUT2D eigenvalue weighted by molar-refractivity contribution is 9.10. The van der Waals surface area contributed by atoms with E-state index in [1.54, 1.807) is 0 Å². The highest BCUT2D eigenvalue weighted by Gasteiger charge is 2.30. The summed E-state index contributed by atoms with van der Waals surface area (Å²) in [5.74, 6) is 1.36. The van der Waals surface area contributed by atoms with Gasteiger partial charge in [-0.2, -0.15) is 12.6 Å². The molecule has 1 saturated heterocycles. The summed E-state index contributed by atoms with van der Waals surface area (Å²) in [7, 11) is 0. The zero-order chi connectivity index (χ0) is 12.6. The summed E-state index contributed by atoms with van der Waals surface area (Å²) in [6, 6.07) is 4.16. The second-order valence-corrected chi connectivity index (χ2v) is 5.86. The van der Waals surface area contributed by atoms with Crippen LogP contribution in [-0.2, 0) is 4.79 Å². The molecule has 0 saturated carbocycles. The number of benzene rings is 1. The van der Waals surface area contributed by atoms with Gasteiger partial charge in [-0.1, -0.05) is 22.0 Å². The topological polar surface area (TPSA) is 20.3 Å². The van der Waals surface area contributed by atoms with Gasteiger partial charge in [-0.15, -0.1) is 0 Å². The van der Waals surface area contributed by atoms with E-state index in [0.717, 1.165) is 28.0 Å². The summed E-state index contributed by atoms with van der Waals surface area (Å²) in [5.41, 5.74) is 3.37. The van der Waals surface area contributed by atoms with E-state index in [-0.39, 0.29) is 5.91 Å². The summed E-state index contributed by atoms with van der Waals surface area (Å²) in [6.45, 7) is 4.90. The molecule has 92 valence electrons. The molecule has 1 aliphatic heterocycles. The van der Waals surface area contributed by atoms with Crippen LogP contribution in [-0.4, -0.2) is 18.2 Å². The SMILES string of the molecule is Cc1cc(C)c(N2CC(CS)CC2=O)cc1Br. The van der Waals surface area contributed by atoms with E-state index < -0.39 is 0 Å². The predicted octanol–water partition coefficient (Wildman–Crippen LogP) is 3.35. The Morgan fingerprint density at radius 2 is 2.12 bits per heavy atom. The van der Waals surface area contributed by atoms with Crippen LogP contribution in [0.4, 0.5) is 5.69 Å². The zero-order valence-electron chi connectivity index (χ0n) is 10.0. The molecule has 2 nitrogen and oxygen atoms in total. The Bertz CT molecular complexity index is 461. The van der Waals surface area contributed by atoms with Gasteiger partial charge in [0, 0.05) is 23.1 Å². The molecule has 1 unspecified atom stereocenters. The van der Waals surface area contributed by atoms with E-state index in [4.69, 9.17) is 0 Å². The van der Waals surface area contributed by atoms with Gasteiger partial charge in [0.25, 0.3) is 0 Å². The van der Waals surface area contributed by atoms with Gasteiger partial charge in [-0.3, -0.25) is 4.79 Å². The number of hydrogen-bond acceptors (Lipinski definition) is 2. The van der Waals surface area contributed by atoms with E-state index in [2.05, 4.69) is 48.5 Å². The molecule has 1 aromatic carbocycles. The third-order valence-electron chi connectivity index (χ3n) is 3.23. The first-order valence-corrected chi connectivity index (χ1v) is 7.13. The monoisotopic (exact) mass is 313 g/mol. The lowest BCUT2D eigenvalue weighted by atomic mass is 10.1. The molecule has 1 amide bonds. The Kier molecular flexibility index (Phi) is 3.83. The van der Waals surface area contributed by atoms with Crippen LogP contribution in [0.25, 0.3) is 0 Å². The van der Waals surface area contributed by atoms with Gasteiger partial charge in [0.2, 0.25) is 5.91 Å². The van der Waals surface area contributed by atoms with Crippen molar-refractivity contribution in [2.24, 2.45) is 5.92 Å². The first-order chi connectivity index (χ1) is 8.02. The standard InChI is InChI=1S/C13H16BrNOS/c1-8-3-9(2)12(5-11(8)14)15-6-10(7-17)4-13(15)16/h3,5,10,17H,4,6-7H2,1-2H3. The third-order valence-corrected chi connectivity index (χ3v) is 4.60. The van der Waals surface area contributed by atoms with E-state index in [1.807, 2.05) is 11.0 Å². The van der Waals surface area contributed by atoms with Crippen molar-refractivity contribution in [2.45, 2.75) is 20.3 Å². The lowest BCUT2D eigenvalue weighted by Gasteiger charge is -2.20. The average molecular weight is 314 g/mol. The molecule has 0 bridgehead atoms. The molecule has 0 spiro atoms. The van der Waals surface area contributed by atoms with Crippen molar-refractivity contribution in [2.75, 3.05) is 17.2 Å². The Morgan fingerprint density at radius 1 is 1.41 bits per heavy atom. The molecule has 0 N–H and O–H groups in total. The third kappa shape index (κ3) is 2.52. The van der Waals surface area contributed by atoms with Crippen LogP contribution in [0.15, 0.2) is 16.6 Å². The van der Waals surface area contributed by atoms with E-state index in [1.165, 1.54) is 5.56 Å². The van der Waals surface area contributed by atoms with Gasteiger partial charge in [-0.25, -0.2) is 0 Å². The number of rotatable bonds is 2. The minimum absolute atomic E-state index is 0.211. The number of carbonyl (C=O) groups excluding carboxylic acids is 1. The molecule has 1 heterocycles. The van der Waals surface area contributed by atoms with Gasteiger partial charge < -0.3 is 4.90 Å². The molecule has 4 heteroatoms. The first kappa shape index (κ1) is 13.0. The molecule has 0 radical (unpaired) electrons. The van der Waals surface area contributed by atoms with E-state index in [0.29, 0.717) is 12.3 Å². The van der Waals surface area contributed by atoms with Gasteiger partial charge in [-0.05, 0) is 42.7 Å². The van der Waals surface area contributed by atoms with Gasteiger partial charge in [0.1, 0.15) is 0 Å². The van der Waals surface area contributed by atoms with Crippen molar-refractivity contribution in [1.82, 2.24) is 0 Å². The fourth-order valence-corrected chi connectivity index (χ4v) is 2.82. The second kappa shape index (κ2) is 5.02. The zero-order valence-corrected chi connectivity index (χ0v) is 12.5. The number of nitrogens with zero attached hydrogens (tertiary/aromatic N) is 1. The molecular formula is C13H16BrNOS. The van der Waals surface area contributed by atoms with Crippen molar-refractivity contribution in [3.8, 4) is 0 Å². The molecule has 0 aromatic heterocycles. The number of halogens is 1. The summed E-state index contributed by atoms with van der Waals surface area (Å²) < 4.78 is 1.06. The Balaban J connectivity index is 2.35. The van der Waals surface area contributed by atoms with Crippen molar-refractivity contribution in [3.05, 3.63) is 27.7 Å². The molecule has 0 aliphatic carbocycles. The molecule has 2 rings (SSSR count). The maximum absolute atomic E-state index is 12.0. The Morgan fingerprint density at radius 3 is 2.71 bits per heavy atom. The van der Waals surface area contributed by atoms with E-state index in [9.17, 15) is 4.79 Å². The van der Waals surface area contributed by atoms with Crippen LogP contribution in [0.2, 0.25) is 0 Å². The largest absolute Gasteiger partial charge is 0.312 e. The maximum Gasteiger partial charge on any atom is 0.227 e. The average Bonchev–Trinajstić information content (AvgIpc) is 2.65. The summed E-state index contributed by atoms with van der Waals surface area (Å²) in [6.07, 6.45) is 0.619. The minimum atomic E-state index is 0.211. The highest BCUT2D eigenvalue weighted by atomic mass is 79.9. The predicted molar refractivity (Wildman–Crippen MR) is 77.9 cm³/mol. The smallest absolute Gasteiger partial charge is 0.227 e. The van der Waals surface area contributed by atoms with Gasteiger partial charge >= 0.3 is 0 Å². The summed E-state index contributed by atoms with van der Waals surface area (Å²) in [4.78, 5) is 13.9. The summed E-state index contributed by atoms with van der Waals surface area (Å²) in [5, 5.41) is 0. The molecule has 1 aromatic rings. The van der Waals surface area contributed by atoms with Crippen molar-refractivity contribution < 1.29 is 4.79 Å². The van der Waals surface area contributed by atoms with Crippen LogP contribution in [0.1, 0.15) is 17.5 Å². The molecule has 17 heavy (non-hydrogen) atoms. The number of anilines is 1. The minimum Gasteiger partial charge on any atom is -0.312 e. The number of hydrogen-bond donors (Lipinski definition) is 1. The van der Waals surface area contributed by atoms with Gasteiger partial charge in [0.15, 0.2) is 0 Å². The van der Waals surface area contributed by atoms with Crippen LogP contribution in [0.3, 0.4) is 0 Å². The lowest BCUT2D eigenvalue weighted by Crippen LogP contribution is -2.25.